The van der Waals surface area contributed by atoms with Gasteiger partial charge in [-0.15, -0.1) is 0 Å². The number of urea groups is 1. The summed E-state index contributed by atoms with van der Waals surface area (Å²) < 4.78 is 0. The smallest absolute Gasteiger partial charge is 0.317 e. The van der Waals surface area contributed by atoms with Crippen LogP contribution in [-0.4, -0.2) is 22.5 Å². The van der Waals surface area contributed by atoms with Crippen molar-refractivity contribution in [1.29, 1.82) is 0 Å². The molecular formula is C22H23N3O. The zero-order chi connectivity index (χ0) is 17.8. The van der Waals surface area contributed by atoms with E-state index < -0.39 is 0 Å². The maximum absolute atomic E-state index is 13.0. The van der Waals surface area contributed by atoms with Gasteiger partial charge < -0.3 is 10.2 Å². The number of rotatable bonds is 2. The number of amides is 2. The zero-order valence-electron chi connectivity index (χ0n) is 14.8. The van der Waals surface area contributed by atoms with Crippen molar-refractivity contribution in [3.63, 3.8) is 0 Å². The van der Waals surface area contributed by atoms with Gasteiger partial charge in [0, 0.05) is 24.6 Å². The molecule has 1 aliphatic rings. The molecule has 1 atom stereocenters. The Balaban J connectivity index is 1.57. The number of nitrogens with one attached hydrogen (secondary N) is 1. The summed E-state index contributed by atoms with van der Waals surface area (Å²) in [6, 6.07) is 18.4. The van der Waals surface area contributed by atoms with Crippen LogP contribution in [0.15, 0.2) is 67.0 Å². The molecule has 4 nitrogen and oxygen atoms in total. The molecule has 1 unspecified atom stereocenters. The largest absolute Gasteiger partial charge is 0.322 e. The van der Waals surface area contributed by atoms with Gasteiger partial charge in [-0.25, -0.2) is 4.79 Å². The molecule has 132 valence electrons. The van der Waals surface area contributed by atoms with Crippen LogP contribution in [0.25, 0.3) is 10.8 Å². The fraction of sp³-hybridized carbons (Fsp3) is 0.273. The Kier molecular flexibility index (Phi) is 4.82. The Hall–Kier alpha value is -2.88. The van der Waals surface area contributed by atoms with Crippen LogP contribution in [0.3, 0.4) is 0 Å². The first-order chi connectivity index (χ1) is 12.8. The average molecular weight is 345 g/mol. The van der Waals surface area contributed by atoms with E-state index in [-0.39, 0.29) is 12.1 Å². The van der Waals surface area contributed by atoms with Gasteiger partial charge in [0.25, 0.3) is 0 Å². The highest BCUT2D eigenvalue weighted by Crippen LogP contribution is 2.30. The first-order valence-electron chi connectivity index (χ1n) is 9.27. The highest BCUT2D eigenvalue weighted by Gasteiger charge is 2.26. The Morgan fingerprint density at radius 3 is 2.62 bits per heavy atom. The van der Waals surface area contributed by atoms with Crippen LogP contribution in [-0.2, 0) is 0 Å². The van der Waals surface area contributed by atoms with Gasteiger partial charge in [0.05, 0.1) is 6.04 Å². The number of anilines is 1. The molecule has 4 heteroatoms. The van der Waals surface area contributed by atoms with E-state index in [0.717, 1.165) is 42.4 Å². The predicted octanol–water partition coefficient (Wildman–Crippen LogP) is 5.38. The summed E-state index contributed by atoms with van der Waals surface area (Å²) in [6.07, 6.45) is 7.97. The number of nitrogens with zero attached hydrogens (tertiary/aromatic N) is 2. The lowest BCUT2D eigenvalue weighted by molar-refractivity contribution is 0.189. The highest BCUT2D eigenvalue weighted by atomic mass is 16.2. The summed E-state index contributed by atoms with van der Waals surface area (Å²) in [7, 11) is 0. The molecule has 0 bridgehead atoms. The topological polar surface area (TPSA) is 45.2 Å². The summed E-state index contributed by atoms with van der Waals surface area (Å²) >= 11 is 0. The van der Waals surface area contributed by atoms with Crippen LogP contribution in [0.4, 0.5) is 10.5 Å². The van der Waals surface area contributed by atoms with Gasteiger partial charge in [-0.1, -0.05) is 43.2 Å². The molecule has 1 saturated heterocycles. The monoisotopic (exact) mass is 345 g/mol. The van der Waals surface area contributed by atoms with Crippen molar-refractivity contribution in [3.8, 4) is 0 Å². The van der Waals surface area contributed by atoms with Crippen LogP contribution in [0.2, 0.25) is 0 Å². The summed E-state index contributed by atoms with van der Waals surface area (Å²) in [4.78, 5) is 19.1. The van der Waals surface area contributed by atoms with Crippen LogP contribution >= 0.6 is 0 Å². The minimum Gasteiger partial charge on any atom is -0.317 e. The second-order valence-corrected chi connectivity index (χ2v) is 6.83. The molecule has 3 aromatic rings. The Morgan fingerprint density at radius 2 is 1.77 bits per heavy atom. The van der Waals surface area contributed by atoms with E-state index in [9.17, 15) is 4.79 Å². The number of likely N-dealkylation sites (tertiary alicyclic amines) is 1. The molecule has 0 aliphatic carbocycles. The number of fused-ring (bicyclic) bond motifs is 1. The first kappa shape index (κ1) is 16.6. The molecule has 1 fully saturated rings. The van der Waals surface area contributed by atoms with E-state index in [2.05, 4.69) is 22.4 Å². The van der Waals surface area contributed by atoms with Gasteiger partial charge in [0.1, 0.15) is 0 Å². The van der Waals surface area contributed by atoms with Crippen molar-refractivity contribution in [2.45, 2.75) is 31.7 Å². The number of aromatic nitrogens is 1. The van der Waals surface area contributed by atoms with E-state index >= 15 is 0 Å². The van der Waals surface area contributed by atoms with Gasteiger partial charge in [-0.3, -0.25) is 4.98 Å². The number of benzene rings is 2. The van der Waals surface area contributed by atoms with Crippen molar-refractivity contribution in [3.05, 3.63) is 72.6 Å². The van der Waals surface area contributed by atoms with Crippen molar-refractivity contribution in [2.75, 3.05) is 11.9 Å². The van der Waals surface area contributed by atoms with Gasteiger partial charge in [0.15, 0.2) is 0 Å². The molecule has 1 aliphatic heterocycles. The quantitative estimate of drug-likeness (QED) is 0.677. The summed E-state index contributed by atoms with van der Waals surface area (Å²) in [6.45, 7) is 0.784. The summed E-state index contributed by atoms with van der Waals surface area (Å²) in [5.41, 5.74) is 2.00. The van der Waals surface area contributed by atoms with Crippen LogP contribution in [0, 0.1) is 0 Å². The first-order valence-corrected chi connectivity index (χ1v) is 9.27. The van der Waals surface area contributed by atoms with E-state index in [1.165, 1.54) is 11.8 Å². The Bertz CT molecular complexity index is 894. The third-order valence-electron chi connectivity index (χ3n) is 5.11. The molecule has 0 saturated carbocycles. The fourth-order valence-electron chi connectivity index (χ4n) is 3.75. The van der Waals surface area contributed by atoms with Crippen molar-refractivity contribution in [2.24, 2.45) is 0 Å². The van der Waals surface area contributed by atoms with Crippen LogP contribution in [0.5, 0.6) is 0 Å². The van der Waals surface area contributed by atoms with Crippen molar-refractivity contribution >= 4 is 22.5 Å². The number of carbonyl (C=O) groups is 1. The SMILES string of the molecule is O=C(Nc1ccc2ccccc2c1)N1CCCCCC1c1ccncc1. The Labute approximate surface area is 153 Å². The van der Waals surface area contributed by atoms with Gasteiger partial charge >= 0.3 is 6.03 Å². The third kappa shape index (κ3) is 3.54. The highest BCUT2D eigenvalue weighted by molar-refractivity contribution is 5.93. The standard InChI is InChI=1S/C22H23N3O/c26-22(24-20-10-9-17-6-3-4-7-19(17)16-20)25-15-5-1-2-8-21(25)18-11-13-23-14-12-18/h3-4,6-7,9-14,16,21H,1-2,5,8,15H2,(H,24,26). The zero-order valence-corrected chi connectivity index (χ0v) is 14.8. The second kappa shape index (κ2) is 7.56. The van der Waals surface area contributed by atoms with E-state index in [1.54, 1.807) is 12.4 Å². The third-order valence-corrected chi connectivity index (χ3v) is 5.11. The number of hydrogen-bond donors (Lipinski definition) is 1. The molecule has 2 aromatic carbocycles. The number of hydrogen-bond acceptors (Lipinski definition) is 2. The summed E-state index contributed by atoms with van der Waals surface area (Å²) in [5.74, 6) is 0. The predicted molar refractivity (Wildman–Crippen MR) is 105 cm³/mol. The number of pyridine rings is 1. The molecule has 0 radical (unpaired) electrons. The molecular weight excluding hydrogens is 322 g/mol. The second-order valence-electron chi connectivity index (χ2n) is 6.83. The molecule has 26 heavy (non-hydrogen) atoms. The Morgan fingerprint density at radius 1 is 0.962 bits per heavy atom. The molecule has 4 rings (SSSR count). The maximum Gasteiger partial charge on any atom is 0.322 e. The molecule has 2 amide bonds. The van der Waals surface area contributed by atoms with Crippen LogP contribution < -0.4 is 5.32 Å². The lowest BCUT2D eigenvalue weighted by atomic mass is 10.0. The molecule has 2 heterocycles. The van der Waals surface area contributed by atoms with Gasteiger partial charge in [0.2, 0.25) is 0 Å². The van der Waals surface area contributed by atoms with Crippen molar-refractivity contribution < 1.29 is 4.79 Å². The molecule has 1 aromatic heterocycles. The lowest BCUT2D eigenvalue weighted by Crippen LogP contribution is -2.38. The minimum atomic E-state index is -0.0241. The minimum absolute atomic E-state index is 0.0241. The van der Waals surface area contributed by atoms with Crippen molar-refractivity contribution in [1.82, 2.24) is 9.88 Å². The normalized spacial score (nSPS) is 17.7. The van der Waals surface area contributed by atoms with Crippen LogP contribution in [0.1, 0.15) is 37.3 Å². The molecule has 0 spiro atoms. The summed E-state index contributed by atoms with van der Waals surface area (Å²) in [5, 5.41) is 5.41. The van der Waals surface area contributed by atoms with Gasteiger partial charge in [-0.2, -0.15) is 0 Å². The fourth-order valence-corrected chi connectivity index (χ4v) is 3.75. The van der Waals surface area contributed by atoms with E-state index in [4.69, 9.17) is 0 Å². The van der Waals surface area contributed by atoms with E-state index in [1.807, 2.05) is 47.4 Å². The molecule has 1 N–H and O–H groups in total. The van der Waals surface area contributed by atoms with Gasteiger partial charge in [-0.05, 0) is 53.4 Å². The maximum atomic E-state index is 13.0. The average Bonchev–Trinajstić information content (AvgIpc) is 2.95. The van der Waals surface area contributed by atoms with E-state index in [0.29, 0.717) is 0 Å². The lowest BCUT2D eigenvalue weighted by Gasteiger charge is -2.30. The number of carbonyl (C=O) groups excluding carboxylic acids is 1.